The van der Waals surface area contributed by atoms with E-state index in [1.54, 1.807) is 0 Å². The van der Waals surface area contributed by atoms with Crippen LogP contribution >= 0.6 is 0 Å². The maximum Gasteiger partial charge on any atom is 0.158 e. The number of aromatic hydroxyl groups is 12. The van der Waals surface area contributed by atoms with Crippen molar-refractivity contribution in [3.05, 3.63) is 112 Å². The van der Waals surface area contributed by atoms with Crippen LogP contribution in [0.25, 0.3) is 11.1 Å². The molecule has 326 valence electrons. The normalized spacial score (nSPS) is 22.4. The molecule has 6 aromatic carbocycles. The summed E-state index contributed by atoms with van der Waals surface area (Å²) >= 11 is 0. The molecular weight excluding hydrogens is 828 g/mol. The Morgan fingerprint density at radius 3 is 1.59 bits per heavy atom. The molecular formula is C45H38O18. The highest BCUT2D eigenvalue weighted by Gasteiger charge is 2.48. The zero-order valence-electron chi connectivity index (χ0n) is 32.3. The number of aliphatic hydroxyl groups is 3. The Morgan fingerprint density at radius 1 is 0.413 bits per heavy atom. The molecule has 3 aliphatic rings. The first-order chi connectivity index (χ1) is 29.9. The van der Waals surface area contributed by atoms with E-state index in [-0.39, 0.29) is 85.9 Å². The standard InChI is InChI=1S/C45H38O18/c46-17-7-24(49)20-11-34(59)43(61-35(20)8-17)19-10-29(54)28(53)9-18(19)36-30(55)14-32(57)38-39(40(60)42(63-45(36)38)16-2-4-23(48)27(52)6-16)37-31(56)13-25(50)21-12-33(58)41(62-44(21)37)15-1-3-22(47)26(51)5-15/h1-10,13-14,33-34,39-43,46-60H,11-12H2. The second-order valence-corrected chi connectivity index (χ2v) is 15.7. The average Bonchev–Trinajstić information content (AvgIpc) is 3.22. The Balaban J connectivity index is 1.29. The molecule has 63 heavy (non-hydrogen) atoms. The molecule has 0 aliphatic carbocycles. The molecule has 7 unspecified atom stereocenters. The van der Waals surface area contributed by atoms with Crippen molar-refractivity contribution in [2.45, 2.75) is 55.4 Å². The van der Waals surface area contributed by atoms with Crippen LogP contribution in [0.1, 0.15) is 63.2 Å². The van der Waals surface area contributed by atoms with E-state index in [2.05, 4.69) is 0 Å². The van der Waals surface area contributed by atoms with Gasteiger partial charge in [-0.05, 0) is 47.5 Å². The molecule has 0 spiro atoms. The molecule has 0 radical (unpaired) electrons. The van der Waals surface area contributed by atoms with Crippen LogP contribution in [-0.2, 0) is 12.8 Å². The minimum absolute atomic E-state index is 0.000751. The molecule has 0 saturated heterocycles. The zero-order chi connectivity index (χ0) is 44.9. The summed E-state index contributed by atoms with van der Waals surface area (Å²) in [5.41, 5.74) is -1.05. The first-order valence-corrected chi connectivity index (χ1v) is 19.3. The van der Waals surface area contributed by atoms with E-state index in [4.69, 9.17) is 14.2 Å². The quantitative estimate of drug-likeness (QED) is 0.106. The highest BCUT2D eigenvalue weighted by atomic mass is 16.5. The van der Waals surface area contributed by atoms with Gasteiger partial charge in [0, 0.05) is 70.5 Å². The first-order valence-electron chi connectivity index (χ1n) is 19.3. The van der Waals surface area contributed by atoms with E-state index in [1.165, 1.54) is 18.2 Å². The molecule has 3 aliphatic heterocycles. The van der Waals surface area contributed by atoms with Crippen LogP contribution in [-0.4, -0.2) is 94.9 Å². The predicted molar refractivity (Wildman–Crippen MR) is 215 cm³/mol. The summed E-state index contributed by atoms with van der Waals surface area (Å²) in [4.78, 5) is 0. The average molecular weight is 867 g/mol. The lowest BCUT2D eigenvalue weighted by molar-refractivity contribution is 0.00143. The van der Waals surface area contributed by atoms with E-state index in [9.17, 15) is 76.6 Å². The minimum Gasteiger partial charge on any atom is -0.508 e. The Kier molecular flexibility index (Phi) is 9.46. The molecule has 0 fully saturated rings. The fourth-order valence-corrected chi connectivity index (χ4v) is 8.80. The van der Waals surface area contributed by atoms with Gasteiger partial charge < -0.3 is 90.8 Å². The lowest BCUT2D eigenvalue weighted by Crippen LogP contribution is -2.37. The van der Waals surface area contributed by atoms with Crippen molar-refractivity contribution < 1.29 is 90.8 Å². The topological polar surface area (TPSA) is 331 Å². The highest BCUT2D eigenvalue weighted by Crippen LogP contribution is 2.61. The lowest BCUT2D eigenvalue weighted by Gasteiger charge is -2.41. The molecule has 0 amide bonds. The van der Waals surface area contributed by atoms with Gasteiger partial charge >= 0.3 is 0 Å². The fraction of sp³-hybridized carbons (Fsp3) is 0.200. The molecule has 0 saturated carbocycles. The number of ether oxygens (including phenoxy) is 3. The molecule has 15 N–H and O–H groups in total. The number of benzene rings is 6. The summed E-state index contributed by atoms with van der Waals surface area (Å²) in [6, 6.07) is 13.1. The van der Waals surface area contributed by atoms with Crippen LogP contribution in [0.2, 0.25) is 0 Å². The third kappa shape index (κ3) is 6.55. The minimum atomic E-state index is -1.89. The predicted octanol–water partition coefficient (Wildman–Crippen LogP) is 4.52. The summed E-state index contributed by atoms with van der Waals surface area (Å²) in [5, 5.41) is 165. The van der Waals surface area contributed by atoms with Gasteiger partial charge in [-0.15, -0.1) is 0 Å². The second-order valence-electron chi connectivity index (χ2n) is 15.7. The third-order valence-corrected chi connectivity index (χ3v) is 11.7. The summed E-state index contributed by atoms with van der Waals surface area (Å²) < 4.78 is 18.9. The number of phenols is 12. The van der Waals surface area contributed by atoms with Crippen molar-refractivity contribution in [2.75, 3.05) is 0 Å². The van der Waals surface area contributed by atoms with Crippen molar-refractivity contribution in [3.8, 4) is 97.4 Å². The van der Waals surface area contributed by atoms with Gasteiger partial charge in [-0.2, -0.15) is 0 Å². The molecule has 0 aromatic heterocycles. The number of rotatable bonds is 5. The smallest absolute Gasteiger partial charge is 0.158 e. The van der Waals surface area contributed by atoms with Crippen LogP contribution < -0.4 is 14.2 Å². The highest BCUT2D eigenvalue weighted by molar-refractivity contribution is 5.85. The maximum absolute atomic E-state index is 12.5. The lowest BCUT2D eigenvalue weighted by atomic mass is 9.76. The molecule has 3 heterocycles. The van der Waals surface area contributed by atoms with E-state index in [0.717, 1.165) is 54.6 Å². The van der Waals surface area contributed by atoms with E-state index < -0.39 is 106 Å². The van der Waals surface area contributed by atoms with Gasteiger partial charge in [0.1, 0.15) is 64.0 Å². The number of fused-ring (bicyclic) bond motifs is 3. The molecule has 18 heteroatoms. The van der Waals surface area contributed by atoms with Gasteiger partial charge in [-0.3, -0.25) is 0 Å². The number of aliphatic hydroxyl groups excluding tert-OH is 3. The third-order valence-electron chi connectivity index (χ3n) is 11.7. The van der Waals surface area contributed by atoms with Crippen LogP contribution in [0.3, 0.4) is 0 Å². The van der Waals surface area contributed by atoms with Gasteiger partial charge in [0.2, 0.25) is 0 Å². The van der Waals surface area contributed by atoms with Crippen molar-refractivity contribution in [3.63, 3.8) is 0 Å². The summed E-state index contributed by atoms with van der Waals surface area (Å²) in [5.74, 6) is -9.59. The van der Waals surface area contributed by atoms with Crippen LogP contribution in [0.15, 0.2) is 72.8 Å². The molecule has 7 atom stereocenters. The molecule has 6 aromatic rings. The van der Waals surface area contributed by atoms with Crippen molar-refractivity contribution >= 4 is 0 Å². The Morgan fingerprint density at radius 2 is 0.937 bits per heavy atom. The fourth-order valence-electron chi connectivity index (χ4n) is 8.80. The number of hydrogen-bond donors (Lipinski definition) is 15. The van der Waals surface area contributed by atoms with Crippen LogP contribution in [0.5, 0.6) is 86.2 Å². The second kappa shape index (κ2) is 14.7. The summed E-state index contributed by atoms with van der Waals surface area (Å²) in [6.07, 6.45) is -9.73. The van der Waals surface area contributed by atoms with Gasteiger partial charge in [-0.1, -0.05) is 12.1 Å². The van der Waals surface area contributed by atoms with Gasteiger partial charge in [0.05, 0.1) is 23.7 Å². The van der Waals surface area contributed by atoms with E-state index >= 15 is 0 Å². The Labute approximate surface area is 354 Å². The summed E-state index contributed by atoms with van der Waals surface area (Å²) in [7, 11) is 0. The van der Waals surface area contributed by atoms with Gasteiger partial charge in [-0.25, -0.2) is 0 Å². The number of hydrogen-bond acceptors (Lipinski definition) is 18. The van der Waals surface area contributed by atoms with E-state index in [1.807, 2.05) is 0 Å². The summed E-state index contributed by atoms with van der Waals surface area (Å²) in [6.45, 7) is 0. The first kappa shape index (κ1) is 40.6. The van der Waals surface area contributed by atoms with E-state index in [0.29, 0.717) is 0 Å². The maximum atomic E-state index is 12.5. The van der Waals surface area contributed by atoms with Crippen LogP contribution in [0.4, 0.5) is 0 Å². The van der Waals surface area contributed by atoms with Gasteiger partial charge in [0.15, 0.2) is 46.7 Å². The monoisotopic (exact) mass is 866 g/mol. The van der Waals surface area contributed by atoms with Crippen LogP contribution in [0, 0.1) is 0 Å². The Hall–Kier alpha value is -7.80. The molecule has 9 rings (SSSR count). The Bertz CT molecular complexity index is 2860. The molecule has 18 nitrogen and oxygen atoms in total. The van der Waals surface area contributed by atoms with Crippen molar-refractivity contribution in [1.82, 2.24) is 0 Å². The van der Waals surface area contributed by atoms with Crippen molar-refractivity contribution in [1.29, 1.82) is 0 Å². The zero-order valence-corrected chi connectivity index (χ0v) is 32.3. The van der Waals surface area contributed by atoms with Gasteiger partial charge in [0.25, 0.3) is 0 Å². The largest absolute Gasteiger partial charge is 0.508 e. The number of phenolic OH excluding ortho intramolecular Hbond substituents is 12. The SMILES string of the molecule is Oc1cc(O)c2c(c1)OC(c1cc(O)c(O)cc1-c1c(O)cc(O)c3c1OC(c1ccc(O)c(O)c1)C(O)C3c1c(O)cc(O)c3c1OC(c1ccc(O)c(O)c1)C(O)C3)C(O)C2. The molecule has 0 bridgehead atoms. The van der Waals surface area contributed by atoms with Crippen molar-refractivity contribution in [2.24, 2.45) is 0 Å².